The predicted octanol–water partition coefficient (Wildman–Crippen LogP) is 2.39. The minimum atomic E-state index is -1.13. The first-order valence-electron chi connectivity index (χ1n) is 11.5. The first-order chi connectivity index (χ1) is 16.5. The van der Waals surface area contributed by atoms with Crippen molar-refractivity contribution in [1.29, 1.82) is 0 Å². The second kappa shape index (κ2) is 7.68. The predicted molar refractivity (Wildman–Crippen MR) is 125 cm³/mol. The van der Waals surface area contributed by atoms with Gasteiger partial charge in [-0.1, -0.05) is 24.3 Å². The molecule has 2 fully saturated rings. The number of fused-ring (bicyclic) bond motifs is 5. The van der Waals surface area contributed by atoms with Crippen LogP contribution in [0.25, 0.3) is 10.9 Å². The normalized spacial score (nSPS) is 22.7. The van der Waals surface area contributed by atoms with E-state index in [0.29, 0.717) is 50.5 Å². The molecule has 0 radical (unpaired) electrons. The largest absolute Gasteiger partial charge is 0.379 e. The Bertz CT molecular complexity index is 1330. The van der Waals surface area contributed by atoms with Gasteiger partial charge in [0.2, 0.25) is 0 Å². The number of carbonyl (C=O) groups excluding carboxylic acids is 3. The van der Waals surface area contributed by atoms with Crippen molar-refractivity contribution in [3.8, 4) is 0 Å². The van der Waals surface area contributed by atoms with Crippen LogP contribution in [-0.2, 0) is 21.5 Å². The summed E-state index contributed by atoms with van der Waals surface area (Å²) in [5.74, 6) is -0.611. The molecule has 1 atom stereocenters. The smallest absolute Gasteiger partial charge is 0.332 e. The van der Waals surface area contributed by atoms with Gasteiger partial charge in [-0.15, -0.1) is 0 Å². The number of H-pyrrole nitrogens is 1. The topological polar surface area (TPSA) is 98.0 Å². The number of anilines is 1. The van der Waals surface area contributed by atoms with Crippen molar-refractivity contribution >= 4 is 34.4 Å². The number of aromatic nitrogens is 1. The summed E-state index contributed by atoms with van der Waals surface area (Å²) < 4.78 is 5.32. The van der Waals surface area contributed by atoms with Gasteiger partial charge in [0.1, 0.15) is 0 Å². The fourth-order valence-electron chi connectivity index (χ4n) is 5.29. The highest BCUT2D eigenvalue weighted by molar-refractivity contribution is 6.24. The lowest BCUT2D eigenvalue weighted by Crippen LogP contribution is -2.49. The third-order valence-corrected chi connectivity index (χ3v) is 7.10. The van der Waals surface area contributed by atoms with Crippen molar-refractivity contribution in [2.45, 2.75) is 18.9 Å². The Balaban J connectivity index is 1.34. The summed E-state index contributed by atoms with van der Waals surface area (Å²) in [5, 5.41) is 2.89. The van der Waals surface area contributed by atoms with E-state index in [0.717, 1.165) is 22.2 Å². The molecule has 3 aliphatic rings. The maximum Gasteiger partial charge on any atom is 0.332 e. The van der Waals surface area contributed by atoms with Crippen LogP contribution in [0.15, 0.2) is 48.5 Å². The molecule has 1 unspecified atom stereocenters. The summed E-state index contributed by atoms with van der Waals surface area (Å²) in [7, 11) is 0. The Labute approximate surface area is 196 Å². The lowest BCUT2D eigenvalue weighted by atomic mass is 9.87. The number of urea groups is 1. The van der Waals surface area contributed by atoms with Crippen molar-refractivity contribution in [3.05, 3.63) is 65.4 Å². The number of nitrogens with zero attached hydrogens (tertiary/aromatic N) is 3. The van der Waals surface area contributed by atoms with Crippen LogP contribution >= 0.6 is 0 Å². The number of amides is 4. The first-order valence-corrected chi connectivity index (χ1v) is 11.5. The zero-order valence-corrected chi connectivity index (χ0v) is 18.8. The van der Waals surface area contributed by atoms with Crippen LogP contribution in [0.3, 0.4) is 0 Å². The number of nitrogens with one attached hydrogen (secondary N) is 2. The number of rotatable bonds is 3. The number of ether oxygens (including phenoxy) is 1. The van der Waals surface area contributed by atoms with E-state index in [9.17, 15) is 14.4 Å². The van der Waals surface area contributed by atoms with E-state index >= 15 is 0 Å². The van der Waals surface area contributed by atoms with Crippen LogP contribution in [0.1, 0.15) is 28.5 Å². The Kier molecular flexibility index (Phi) is 4.72. The molecule has 174 valence electrons. The Hall–Kier alpha value is -3.69. The second-order valence-corrected chi connectivity index (χ2v) is 9.01. The number of imide groups is 1. The summed E-state index contributed by atoms with van der Waals surface area (Å²) in [5.41, 5.74) is 5.31. The van der Waals surface area contributed by atoms with Crippen LogP contribution in [-0.4, -0.2) is 65.6 Å². The highest BCUT2D eigenvalue weighted by Crippen LogP contribution is 2.45. The Morgan fingerprint density at radius 2 is 1.85 bits per heavy atom. The third-order valence-electron chi connectivity index (χ3n) is 7.10. The van der Waals surface area contributed by atoms with Crippen LogP contribution in [0, 0.1) is 0 Å². The number of hydrazine groups is 1. The molecule has 34 heavy (non-hydrogen) atoms. The van der Waals surface area contributed by atoms with Gasteiger partial charge in [-0.25, -0.2) is 14.7 Å². The Morgan fingerprint density at radius 1 is 1.06 bits per heavy atom. The lowest BCUT2D eigenvalue weighted by molar-refractivity contribution is -0.125. The highest BCUT2D eigenvalue weighted by atomic mass is 16.5. The van der Waals surface area contributed by atoms with Gasteiger partial charge in [0, 0.05) is 36.1 Å². The molecular formula is C25H25N5O4. The van der Waals surface area contributed by atoms with Crippen LogP contribution < -0.4 is 10.3 Å². The molecule has 2 saturated heterocycles. The zero-order chi connectivity index (χ0) is 23.4. The fourth-order valence-corrected chi connectivity index (χ4v) is 5.29. The molecule has 9 nitrogen and oxygen atoms in total. The van der Waals surface area contributed by atoms with E-state index in [4.69, 9.17) is 4.74 Å². The quantitative estimate of drug-likeness (QED) is 0.586. The van der Waals surface area contributed by atoms with Crippen molar-refractivity contribution in [2.75, 3.05) is 37.7 Å². The van der Waals surface area contributed by atoms with Gasteiger partial charge in [-0.3, -0.25) is 15.0 Å². The van der Waals surface area contributed by atoms with E-state index in [2.05, 4.69) is 10.4 Å². The molecule has 0 spiro atoms. The summed E-state index contributed by atoms with van der Waals surface area (Å²) in [4.78, 5) is 46.4. The number of para-hydroxylation sites is 1. The minimum absolute atomic E-state index is 0.287. The number of benzene rings is 2. The molecule has 4 amide bonds. The first kappa shape index (κ1) is 20.9. The number of hydrogen-bond acceptors (Lipinski definition) is 5. The fraction of sp³-hybridized carbons (Fsp3) is 0.320. The molecule has 2 N–H and O–H groups in total. The molecule has 1 aromatic heterocycles. The van der Waals surface area contributed by atoms with Gasteiger partial charge in [-0.2, -0.15) is 0 Å². The number of aromatic amines is 1. The van der Waals surface area contributed by atoms with Crippen molar-refractivity contribution in [3.63, 3.8) is 0 Å². The molecule has 3 aromatic rings. The van der Waals surface area contributed by atoms with Crippen molar-refractivity contribution in [2.24, 2.45) is 0 Å². The summed E-state index contributed by atoms with van der Waals surface area (Å²) in [6.07, 6.45) is 0.670. The second-order valence-electron chi connectivity index (χ2n) is 9.01. The molecular weight excluding hydrogens is 434 g/mol. The standard InChI is InChI=1S/C25H25N5O4/c1-25-21-19(18-7-2-3-8-20(18)26-21)9-10-29(25)24(33)30(23(25)32)17-6-4-5-16(15-17)22(31)27-28-11-13-34-14-12-28/h2-8,15,26H,9-14H2,1H3,(H,27,31). The molecule has 2 aromatic carbocycles. The molecule has 9 heteroatoms. The number of carbonyl (C=O) groups is 3. The maximum absolute atomic E-state index is 13.8. The zero-order valence-electron chi connectivity index (χ0n) is 18.8. The van der Waals surface area contributed by atoms with Gasteiger partial charge in [0.25, 0.3) is 11.8 Å². The van der Waals surface area contributed by atoms with Crippen LogP contribution in [0.4, 0.5) is 10.5 Å². The van der Waals surface area contributed by atoms with Gasteiger partial charge in [0.15, 0.2) is 5.54 Å². The van der Waals surface area contributed by atoms with E-state index in [-0.39, 0.29) is 17.8 Å². The summed E-state index contributed by atoms with van der Waals surface area (Å²) in [6, 6.07) is 14.2. The molecule has 0 aliphatic carbocycles. The molecule has 0 bridgehead atoms. The minimum Gasteiger partial charge on any atom is -0.379 e. The molecule has 0 saturated carbocycles. The van der Waals surface area contributed by atoms with Gasteiger partial charge in [0.05, 0.1) is 24.6 Å². The SMILES string of the molecule is CC12C(=O)N(c3cccc(C(=O)NN4CCOCC4)c3)C(=O)N1CCc1c2[nH]c2ccccc12. The lowest BCUT2D eigenvalue weighted by Gasteiger charge is -2.35. The molecule has 4 heterocycles. The molecule has 3 aliphatic heterocycles. The summed E-state index contributed by atoms with van der Waals surface area (Å²) in [6.45, 7) is 4.57. The van der Waals surface area contributed by atoms with Gasteiger partial charge >= 0.3 is 6.03 Å². The average Bonchev–Trinajstić information content (AvgIpc) is 3.33. The van der Waals surface area contributed by atoms with E-state index in [1.54, 1.807) is 36.1 Å². The monoisotopic (exact) mass is 459 g/mol. The van der Waals surface area contributed by atoms with Gasteiger partial charge < -0.3 is 14.6 Å². The van der Waals surface area contributed by atoms with Gasteiger partial charge in [-0.05, 0) is 43.2 Å². The third kappa shape index (κ3) is 2.97. The highest BCUT2D eigenvalue weighted by Gasteiger charge is 2.59. The van der Waals surface area contributed by atoms with Crippen molar-refractivity contribution in [1.82, 2.24) is 20.3 Å². The van der Waals surface area contributed by atoms with Crippen molar-refractivity contribution < 1.29 is 19.1 Å². The van der Waals surface area contributed by atoms with Crippen LogP contribution in [0.2, 0.25) is 0 Å². The van der Waals surface area contributed by atoms with E-state index in [1.165, 1.54) is 4.90 Å². The summed E-state index contributed by atoms with van der Waals surface area (Å²) >= 11 is 0. The van der Waals surface area contributed by atoms with E-state index < -0.39 is 5.54 Å². The number of morpholine rings is 1. The van der Waals surface area contributed by atoms with E-state index in [1.807, 2.05) is 29.3 Å². The maximum atomic E-state index is 13.8. The molecule has 6 rings (SSSR count). The Morgan fingerprint density at radius 3 is 2.68 bits per heavy atom. The average molecular weight is 460 g/mol. The number of hydrogen-bond donors (Lipinski definition) is 2. The van der Waals surface area contributed by atoms with Crippen LogP contribution in [0.5, 0.6) is 0 Å².